The Hall–Kier alpha value is -3.74. The van der Waals surface area contributed by atoms with Crippen molar-refractivity contribution in [1.82, 2.24) is 14.5 Å². The maximum Gasteiger partial charge on any atom is 0.222 e. The van der Waals surface area contributed by atoms with Gasteiger partial charge in [0.25, 0.3) is 0 Å². The largest absolute Gasteiger partial charge is 0.494 e. The molecule has 5 N–H and O–H groups in total. The molecule has 1 saturated carbocycles. The second kappa shape index (κ2) is 6.70. The molecule has 1 aliphatic carbocycles. The molecule has 2 aromatic heterocycles. The van der Waals surface area contributed by atoms with Gasteiger partial charge in [0.15, 0.2) is 11.8 Å². The Bertz CT molecular complexity index is 1190. The molecule has 4 aromatic rings. The van der Waals surface area contributed by atoms with Gasteiger partial charge < -0.3 is 21.3 Å². The van der Waals surface area contributed by atoms with Crippen molar-refractivity contribution in [3.8, 4) is 22.9 Å². The number of fused-ring (bicyclic) bond motifs is 1. The van der Waals surface area contributed by atoms with Gasteiger partial charge in [-0.25, -0.2) is 4.98 Å². The van der Waals surface area contributed by atoms with Gasteiger partial charge in [0.1, 0.15) is 5.82 Å². The minimum atomic E-state index is 0.0316. The van der Waals surface area contributed by atoms with Crippen molar-refractivity contribution in [1.29, 1.82) is 0 Å². The average molecular weight is 387 g/mol. The molecule has 0 amide bonds. The first-order valence-corrected chi connectivity index (χ1v) is 9.57. The topological polar surface area (TPSA) is 109 Å². The second-order valence-corrected chi connectivity index (χ2v) is 7.42. The molecular formula is C22H21N5O2. The Labute approximate surface area is 167 Å². The van der Waals surface area contributed by atoms with E-state index in [1.54, 1.807) is 0 Å². The lowest BCUT2D eigenvalue weighted by atomic mass is 10.0. The normalized spacial score (nSPS) is 13.7. The first-order valence-electron chi connectivity index (χ1n) is 9.57. The van der Waals surface area contributed by atoms with E-state index in [1.807, 2.05) is 36.4 Å². The summed E-state index contributed by atoms with van der Waals surface area (Å²) in [5, 5.41) is 24.2. The van der Waals surface area contributed by atoms with E-state index >= 15 is 0 Å². The zero-order chi connectivity index (χ0) is 20.0. The van der Waals surface area contributed by atoms with Crippen LogP contribution in [-0.4, -0.2) is 30.8 Å². The SMILES string of the molecule is Nc1nc(NC2CC2)c2cc(-c3cccc(Cn4c(O)ccc4O)c3)ccc2n1. The Morgan fingerprint density at radius 2 is 1.72 bits per heavy atom. The number of hydrogen-bond donors (Lipinski definition) is 4. The number of benzene rings is 2. The van der Waals surface area contributed by atoms with Crippen LogP contribution in [0.4, 0.5) is 11.8 Å². The van der Waals surface area contributed by atoms with Gasteiger partial charge in [0.05, 0.1) is 12.1 Å². The lowest BCUT2D eigenvalue weighted by Crippen LogP contribution is -2.06. The molecule has 2 heterocycles. The summed E-state index contributed by atoms with van der Waals surface area (Å²) in [6, 6.07) is 17.5. The smallest absolute Gasteiger partial charge is 0.222 e. The summed E-state index contributed by atoms with van der Waals surface area (Å²) in [5.41, 5.74) is 9.72. The molecule has 2 aromatic carbocycles. The average Bonchev–Trinajstić information content (AvgIpc) is 3.48. The van der Waals surface area contributed by atoms with E-state index in [4.69, 9.17) is 5.73 Å². The van der Waals surface area contributed by atoms with Gasteiger partial charge >= 0.3 is 0 Å². The first-order chi connectivity index (χ1) is 14.1. The third kappa shape index (κ3) is 3.42. The number of nitrogens with one attached hydrogen (secondary N) is 1. The van der Waals surface area contributed by atoms with E-state index < -0.39 is 0 Å². The maximum atomic E-state index is 9.90. The van der Waals surface area contributed by atoms with Crippen LogP contribution >= 0.6 is 0 Å². The van der Waals surface area contributed by atoms with Gasteiger partial charge in [0, 0.05) is 23.6 Å². The van der Waals surface area contributed by atoms with E-state index in [9.17, 15) is 10.2 Å². The summed E-state index contributed by atoms with van der Waals surface area (Å²) in [6.45, 7) is 0.375. The molecule has 7 nitrogen and oxygen atoms in total. The third-order valence-corrected chi connectivity index (χ3v) is 5.17. The highest BCUT2D eigenvalue weighted by Gasteiger charge is 2.22. The van der Waals surface area contributed by atoms with Gasteiger partial charge in [-0.2, -0.15) is 4.98 Å². The van der Waals surface area contributed by atoms with Crippen LogP contribution in [0.3, 0.4) is 0 Å². The lowest BCUT2D eigenvalue weighted by Gasteiger charge is -2.12. The van der Waals surface area contributed by atoms with Crippen LogP contribution in [0.25, 0.3) is 22.0 Å². The summed E-state index contributed by atoms with van der Waals surface area (Å²) in [5.74, 6) is 1.10. The fraction of sp³-hybridized carbons (Fsp3) is 0.182. The number of nitrogens with two attached hydrogens (primary N) is 1. The number of hydrogen-bond acceptors (Lipinski definition) is 6. The number of aromatic hydroxyl groups is 2. The van der Waals surface area contributed by atoms with Crippen molar-refractivity contribution in [2.75, 3.05) is 11.1 Å². The van der Waals surface area contributed by atoms with Crippen LogP contribution in [0.1, 0.15) is 18.4 Å². The molecule has 29 heavy (non-hydrogen) atoms. The molecule has 0 spiro atoms. The third-order valence-electron chi connectivity index (χ3n) is 5.17. The van der Waals surface area contributed by atoms with Gasteiger partial charge in [-0.05, 0) is 47.7 Å². The van der Waals surface area contributed by atoms with E-state index in [0.29, 0.717) is 12.6 Å². The van der Waals surface area contributed by atoms with E-state index in [0.717, 1.165) is 46.3 Å². The van der Waals surface area contributed by atoms with Crippen LogP contribution in [0, 0.1) is 0 Å². The van der Waals surface area contributed by atoms with Crippen molar-refractivity contribution in [2.24, 2.45) is 0 Å². The minimum absolute atomic E-state index is 0.0316. The number of anilines is 2. The van der Waals surface area contributed by atoms with E-state index in [1.165, 1.54) is 16.7 Å². The predicted octanol–water partition coefficient (Wildman–Crippen LogP) is 3.71. The molecule has 0 aliphatic heterocycles. The summed E-state index contributed by atoms with van der Waals surface area (Å²) in [6.07, 6.45) is 2.29. The highest BCUT2D eigenvalue weighted by Crippen LogP contribution is 2.32. The fourth-order valence-corrected chi connectivity index (χ4v) is 3.50. The molecule has 0 bridgehead atoms. The number of rotatable bonds is 5. The summed E-state index contributed by atoms with van der Waals surface area (Å²) < 4.78 is 1.45. The zero-order valence-corrected chi connectivity index (χ0v) is 15.7. The Balaban J connectivity index is 1.52. The van der Waals surface area contributed by atoms with Crippen molar-refractivity contribution in [3.63, 3.8) is 0 Å². The number of nitrogen functional groups attached to an aromatic ring is 1. The molecule has 146 valence electrons. The predicted molar refractivity (Wildman–Crippen MR) is 113 cm³/mol. The van der Waals surface area contributed by atoms with Crippen LogP contribution < -0.4 is 11.1 Å². The van der Waals surface area contributed by atoms with E-state index in [-0.39, 0.29) is 17.7 Å². The molecular weight excluding hydrogens is 366 g/mol. The van der Waals surface area contributed by atoms with Crippen LogP contribution in [-0.2, 0) is 6.54 Å². The van der Waals surface area contributed by atoms with Gasteiger partial charge in [-0.3, -0.25) is 4.57 Å². The van der Waals surface area contributed by atoms with Crippen LogP contribution in [0.15, 0.2) is 54.6 Å². The second-order valence-electron chi connectivity index (χ2n) is 7.42. The lowest BCUT2D eigenvalue weighted by molar-refractivity contribution is 0.377. The highest BCUT2D eigenvalue weighted by atomic mass is 16.3. The molecule has 0 unspecified atom stereocenters. The quantitative estimate of drug-likeness (QED) is 0.416. The van der Waals surface area contributed by atoms with Crippen molar-refractivity contribution >= 4 is 22.7 Å². The first kappa shape index (κ1) is 17.4. The molecule has 1 aliphatic rings. The summed E-state index contributed by atoms with van der Waals surface area (Å²) in [7, 11) is 0. The molecule has 5 rings (SSSR count). The monoisotopic (exact) mass is 387 g/mol. The highest BCUT2D eigenvalue weighted by molar-refractivity contribution is 5.93. The molecule has 1 fully saturated rings. The van der Waals surface area contributed by atoms with Gasteiger partial charge in [-0.1, -0.05) is 24.3 Å². The van der Waals surface area contributed by atoms with Crippen LogP contribution in [0.2, 0.25) is 0 Å². The standard InChI is InChI=1S/C22H21N5O2/c23-22-25-18-7-4-15(11-17(18)21(26-22)24-16-5-6-16)14-3-1-2-13(10-14)12-27-19(28)8-9-20(27)29/h1-4,7-11,16,28-29H,5-6,12H2,(H3,23,24,25,26). The zero-order valence-electron chi connectivity index (χ0n) is 15.7. The number of nitrogens with zero attached hydrogens (tertiary/aromatic N) is 3. The van der Waals surface area contributed by atoms with Gasteiger partial charge in [0.2, 0.25) is 5.95 Å². The van der Waals surface area contributed by atoms with Crippen molar-refractivity contribution in [2.45, 2.75) is 25.4 Å². The van der Waals surface area contributed by atoms with Crippen molar-refractivity contribution in [3.05, 3.63) is 60.2 Å². The Morgan fingerprint density at radius 3 is 2.48 bits per heavy atom. The fourth-order valence-electron chi connectivity index (χ4n) is 3.50. The molecule has 0 atom stereocenters. The van der Waals surface area contributed by atoms with E-state index in [2.05, 4.69) is 21.4 Å². The Kier molecular flexibility index (Phi) is 4.01. The minimum Gasteiger partial charge on any atom is -0.494 e. The molecule has 7 heteroatoms. The molecule has 0 saturated heterocycles. The molecule has 0 radical (unpaired) electrons. The summed E-state index contributed by atoms with van der Waals surface area (Å²) >= 11 is 0. The van der Waals surface area contributed by atoms with Gasteiger partial charge in [-0.15, -0.1) is 0 Å². The summed E-state index contributed by atoms with van der Waals surface area (Å²) in [4.78, 5) is 8.75. The van der Waals surface area contributed by atoms with Crippen molar-refractivity contribution < 1.29 is 10.2 Å². The maximum absolute atomic E-state index is 9.90. The Morgan fingerprint density at radius 1 is 0.966 bits per heavy atom. The number of aromatic nitrogens is 3. The van der Waals surface area contributed by atoms with Crippen LogP contribution in [0.5, 0.6) is 11.8 Å².